The number of benzene rings is 1. The third-order valence-corrected chi connectivity index (χ3v) is 2.79. The summed E-state index contributed by atoms with van der Waals surface area (Å²) in [6.45, 7) is 4.90. The third-order valence-electron chi connectivity index (χ3n) is 2.79. The summed E-state index contributed by atoms with van der Waals surface area (Å²) in [6, 6.07) is 10.3. The van der Waals surface area contributed by atoms with Gasteiger partial charge in [-0.05, 0) is 31.2 Å². The summed E-state index contributed by atoms with van der Waals surface area (Å²) >= 11 is 0. The third kappa shape index (κ3) is 12.2. The summed E-state index contributed by atoms with van der Waals surface area (Å²) in [6.07, 6.45) is 4.90. The Kier molecular flexibility index (Phi) is 12.7. The molecule has 106 valence electrons. The van der Waals surface area contributed by atoms with Gasteiger partial charge in [0, 0.05) is 0 Å². The molecule has 21 heavy (non-hydrogen) atoms. The molecule has 4 heteroatoms. The van der Waals surface area contributed by atoms with Gasteiger partial charge in [-0.1, -0.05) is 63.1 Å². The molecular formula is C17H24Li2O2. The van der Waals surface area contributed by atoms with Crippen LogP contribution in [0.4, 0.5) is 0 Å². The average molecular weight is 274 g/mol. The van der Waals surface area contributed by atoms with Crippen molar-refractivity contribution in [1.82, 2.24) is 0 Å². The normalized spacial score (nSPS) is 14.3. The van der Waals surface area contributed by atoms with E-state index >= 15 is 0 Å². The summed E-state index contributed by atoms with van der Waals surface area (Å²) < 4.78 is 0. The van der Waals surface area contributed by atoms with E-state index in [0.29, 0.717) is 5.76 Å². The second-order valence-corrected chi connectivity index (χ2v) is 6.01. The van der Waals surface area contributed by atoms with Crippen LogP contribution in [0.3, 0.4) is 0 Å². The minimum absolute atomic E-state index is 0. The molecule has 1 aliphatic rings. The maximum Gasteiger partial charge on any atom is 1.00 e. The number of allylic oxidation sites excluding steroid dienone is 2. The first-order chi connectivity index (χ1) is 8.86. The van der Waals surface area contributed by atoms with Crippen LogP contribution in [0.2, 0.25) is 0 Å². The Morgan fingerprint density at radius 3 is 1.90 bits per heavy atom. The van der Waals surface area contributed by atoms with Gasteiger partial charge in [0.25, 0.3) is 0 Å². The van der Waals surface area contributed by atoms with E-state index in [0.717, 1.165) is 31.3 Å². The first kappa shape index (κ1) is 23.2. The fourth-order valence-corrected chi connectivity index (χ4v) is 1.97. The van der Waals surface area contributed by atoms with E-state index in [4.69, 9.17) is 0 Å². The van der Waals surface area contributed by atoms with Crippen LogP contribution in [-0.4, -0.2) is 5.60 Å². The SMILES string of the molecule is CC(C)(C)[O-].[Li+].[Li+].[O-]C1=C(Cc2ccccc2)CCCC1. The molecule has 0 spiro atoms. The predicted octanol–water partition coefficient (Wildman–Crippen LogP) is -3.43. The van der Waals surface area contributed by atoms with Gasteiger partial charge in [0.15, 0.2) is 0 Å². The Bertz CT molecular complexity index is 403. The van der Waals surface area contributed by atoms with Crippen molar-refractivity contribution in [1.29, 1.82) is 0 Å². The van der Waals surface area contributed by atoms with Crippen molar-refractivity contribution in [3.8, 4) is 0 Å². The van der Waals surface area contributed by atoms with Crippen molar-refractivity contribution in [2.24, 2.45) is 0 Å². The van der Waals surface area contributed by atoms with Gasteiger partial charge >= 0.3 is 37.7 Å². The molecular weight excluding hydrogens is 250 g/mol. The molecule has 2 nitrogen and oxygen atoms in total. The van der Waals surface area contributed by atoms with Crippen LogP contribution in [0, 0.1) is 0 Å². The minimum Gasteiger partial charge on any atom is -0.875 e. The number of hydrogen-bond donors (Lipinski definition) is 0. The van der Waals surface area contributed by atoms with Crippen LogP contribution in [0.15, 0.2) is 41.7 Å². The topological polar surface area (TPSA) is 46.1 Å². The molecule has 0 atom stereocenters. The first-order valence-electron chi connectivity index (χ1n) is 6.98. The van der Waals surface area contributed by atoms with E-state index in [-0.39, 0.29) is 37.7 Å². The molecule has 2 rings (SSSR count). The molecule has 0 radical (unpaired) electrons. The minimum atomic E-state index is -0.750. The zero-order chi connectivity index (χ0) is 14.3. The zero-order valence-corrected chi connectivity index (χ0v) is 14.2. The van der Waals surface area contributed by atoms with Gasteiger partial charge in [-0.25, -0.2) is 0 Å². The molecule has 1 aliphatic carbocycles. The molecule has 0 fully saturated rings. The van der Waals surface area contributed by atoms with Crippen molar-refractivity contribution >= 4 is 0 Å². The van der Waals surface area contributed by atoms with Gasteiger partial charge < -0.3 is 10.2 Å². The zero-order valence-electron chi connectivity index (χ0n) is 14.2. The van der Waals surface area contributed by atoms with Crippen molar-refractivity contribution < 1.29 is 47.9 Å². The van der Waals surface area contributed by atoms with Crippen LogP contribution in [0.25, 0.3) is 0 Å². The summed E-state index contributed by atoms with van der Waals surface area (Å²) in [7, 11) is 0. The molecule has 0 aliphatic heterocycles. The molecule has 0 amide bonds. The van der Waals surface area contributed by atoms with Crippen molar-refractivity contribution in [3.05, 3.63) is 47.2 Å². The Hall–Kier alpha value is -0.0852. The van der Waals surface area contributed by atoms with Crippen molar-refractivity contribution in [2.75, 3.05) is 0 Å². The Morgan fingerprint density at radius 2 is 1.43 bits per heavy atom. The molecule has 0 aromatic heterocycles. The van der Waals surface area contributed by atoms with Gasteiger partial charge in [0.05, 0.1) is 0 Å². The smallest absolute Gasteiger partial charge is 0.875 e. The van der Waals surface area contributed by atoms with Gasteiger partial charge in [0.1, 0.15) is 0 Å². The Balaban J connectivity index is 0. The largest absolute Gasteiger partial charge is 1.00 e. The molecule has 0 saturated carbocycles. The molecule has 0 N–H and O–H groups in total. The van der Waals surface area contributed by atoms with Gasteiger partial charge in [-0.15, -0.1) is 11.4 Å². The molecule has 0 bridgehead atoms. The van der Waals surface area contributed by atoms with Crippen LogP contribution >= 0.6 is 0 Å². The van der Waals surface area contributed by atoms with Crippen molar-refractivity contribution in [3.63, 3.8) is 0 Å². The average Bonchev–Trinajstić information content (AvgIpc) is 2.31. The standard InChI is InChI=1S/C13H16O.C4H9O.2Li/c14-13-9-5-4-8-12(13)10-11-6-2-1-3-7-11;1-4(2,3)5;;/h1-3,6-7,14H,4-5,8-10H2;1-3H3;;/q;-1;2*+1/p-1. The second kappa shape index (κ2) is 11.5. The fourth-order valence-electron chi connectivity index (χ4n) is 1.97. The Labute approximate surface area is 153 Å². The summed E-state index contributed by atoms with van der Waals surface area (Å²) in [4.78, 5) is 0. The van der Waals surface area contributed by atoms with Gasteiger partial charge in [0.2, 0.25) is 0 Å². The second-order valence-electron chi connectivity index (χ2n) is 6.01. The maximum absolute atomic E-state index is 11.6. The van der Waals surface area contributed by atoms with E-state index in [2.05, 4.69) is 12.1 Å². The number of rotatable bonds is 2. The van der Waals surface area contributed by atoms with Crippen molar-refractivity contribution in [2.45, 2.75) is 58.5 Å². The van der Waals surface area contributed by atoms with E-state index in [1.54, 1.807) is 20.8 Å². The summed E-state index contributed by atoms with van der Waals surface area (Å²) in [5, 5.41) is 21.7. The van der Waals surface area contributed by atoms with E-state index in [1.165, 1.54) is 12.0 Å². The molecule has 0 saturated heterocycles. The van der Waals surface area contributed by atoms with Crippen LogP contribution < -0.4 is 47.9 Å². The summed E-state index contributed by atoms with van der Waals surface area (Å²) in [5.41, 5.74) is 1.64. The predicted molar refractivity (Wildman–Crippen MR) is 75.4 cm³/mol. The van der Waals surface area contributed by atoms with E-state index in [1.807, 2.05) is 18.2 Å². The summed E-state index contributed by atoms with van der Waals surface area (Å²) in [5.74, 6) is 0.389. The Morgan fingerprint density at radius 1 is 0.952 bits per heavy atom. The molecule has 0 unspecified atom stereocenters. The van der Waals surface area contributed by atoms with Crippen LogP contribution in [0.5, 0.6) is 0 Å². The fraction of sp³-hybridized carbons (Fsp3) is 0.529. The van der Waals surface area contributed by atoms with E-state index in [9.17, 15) is 10.2 Å². The van der Waals surface area contributed by atoms with Gasteiger partial charge in [-0.2, -0.15) is 0 Å². The molecule has 1 aromatic carbocycles. The van der Waals surface area contributed by atoms with Gasteiger partial charge in [-0.3, -0.25) is 0 Å². The quantitative estimate of drug-likeness (QED) is 0.527. The number of hydrogen-bond acceptors (Lipinski definition) is 2. The molecule has 0 heterocycles. The van der Waals surface area contributed by atoms with Crippen LogP contribution in [-0.2, 0) is 6.42 Å². The molecule has 1 aromatic rings. The first-order valence-corrected chi connectivity index (χ1v) is 6.98. The maximum atomic E-state index is 11.6. The monoisotopic (exact) mass is 274 g/mol. The van der Waals surface area contributed by atoms with Crippen LogP contribution in [0.1, 0.15) is 52.0 Å². The van der Waals surface area contributed by atoms with E-state index < -0.39 is 5.60 Å².